The van der Waals surface area contributed by atoms with Crippen molar-refractivity contribution in [3.8, 4) is 11.8 Å². The number of hydrogen-bond acceptors (Lipinski definition) is 5. The van der Waals surface area contributed by atoms with Crippen molar-refractivity contribution in [2.24, 2.45) is 0 Å². The molecular weight excluding hydrogens is 358 g/mol. The van der Waals surface area contributed by atoms with Gasteiger partial charge in [-0.2, -0.15) is 9.57 Å². The number of benzene rings is 1. The molecule has 1 rings (SSSR count). The van der Waals surface area contributed by atoms with Gasteiger partial charge in [0.15, 0.2) is 0 Å². The average Bonchev–Trinajstić information content (AvgIpc) is 2.41. The molecule has 0 aliphatic heterocycles. The summed E-state index contributed by atoms with van der Waals surface area (Å²) in [6.45, 7) is 3.63. The van der Waals surface area contributed by atoms with E-state index in [0.717, 1.165) is 0 Å². The number of methoxy groups -OCH3 is 1. The lowest BCUT2D eigenvalue weighted by atomic mass is 10.3. The number of nitrogens with zero attached hydrogens (tertiary/aromatic N) is 2. The molecule has 0 fully saturated rings. The van der Waals surface area contributed by atoms with Crippen molar-refractivity contribution in [1.29, 1.82) is 5.26 Å². The third-order valence-corrected chi connectivity index (χ3v) is 5.67. The second-order valence-electron chi connectivity index (χ2n) is 4.64. The molecule has 0 amide bonds. The van der Waals surface area contributed by atoms with E-state index in [1.807, 2.05) is 6.07 Å². The largest absolute Gasteiger partial charge is 0.495 e. The van der Waals surface area contributed by atoms with Crippen molar-refractivity contribution in [3.63, 3.8) is 0 Å². The molecule has 0 aromatic heterocycles. The fourth-order valence-corrected chi connectivity index (χ4v) is 3.99. The maximum atomic E-state index is 12.8. The Kier molecular flexibility index (Phi) is 6.01. The van der Waals surface area contributed by atoms with Gasteiger partial charge in [0.2, 0.25) is 10.0 Å². The predicted molar refractivity (Wildman–Crippen MR) is 84.4 cm³/mol. The highest BCUT2D eigenvalue weighted by atomic mass is 79.9. The Hall–Kier alpha value is -1.30. The molecule has 6 nitrogen and oxygen atoms in total. The standard InChI is InChI=1S/C13H18BrN3O3S/c1-9(2)17(6-4-5-15)21(18,19)13-8-11(16)10(14)7-12(13)20-3/h7-9H,4,6,16H2,1-3H3. The number of anilines is 1. The molecule has 0 saturated heterocycles. The van der Waals surface area contributed by atoms with E-state index in [1.54, 1.807) is 13.8 Å². The van der Waals surface area contributed by atoms with E-state index in [2.05, 4.69) is 15.9 Å². The minimum Gasteiger partial charge on any atom is -0.495 e. The molecule has 0 spiro atoms. The van der Waals surface area contributed by atoms with Gasteiger partial charge >= 0.3 is 0 Å². The summed E-state index contributed by atoms with van der Waals surface area (Å²) in [5, 5.41) is 8.69. The summed E-state index contributed by atoms with van der Waals surface area (Å²) in [5.74, 6) is 0.207. The minimum absolute atomic E-state index is 0.00246. The zero-order chi connectivity index (χ0) is 16.2. The highest BCUT2D eigenvalue weighted by molar-refractivity contribution is 9.10. The Balaban J connectivity index is 3.41. The molecular formula is C13H18BrN3O3S. The fraction of sp³-hybridized carbons (Fsp3) is 0.462. The van der Waals surface area contributed by atoms with Crippen LogP contribution in [0.1, 0.15) is 20.3 Å². The van der Waals surface area contributed by atoms with Crippen LogP contribution < -0.4 is 10.5 Å². The van der Waals surface area contributed by atoms with E-state index in [4.69, 9.17) is 15.7 Å². The Morgan fingerprint density at radius 1 is 1.48 bits per heavy atom. The van der Waals surface area contributed by atoms with Crippen LogP contribution in [0.25, 0.3) is 0 Å². The van der Waals surface area contributed by atoms with Crippen LogP contribution in [0, 0.1) is 11.3 Å². The zero-order valence-corrected chi connectivity index (χ0v) is 14.5. The highest BCUT2D eigenvalue weighted by Crippen LogP contribution is 2.34. The van der Waals surface area contributed by atoms with Gasteiger partial charge in [0, 0.05) is 29.2 Å². The number of halogens is 1. The van der Waals surface area contributed by atoms with Gasteiger partial charge < -0.3 is 10.5 Å². The van der Waals surface area contributed by atoms with E-state index in [9.17, 15) is 8.42 Å². The molecule has 0 saturated carbocycles. The summed E-state index contributed by atoms with van der Waals surface area (Å²) < 4.78 is 32.5. The average molecular weight is 376 g/mol. The second-order valence-corrected chi connectivity index (χ2v) is 7.36. The molecule has 0 radical (unpaired) electrons. The maximum absolute atomic E-state index is 12.8. The Morgan fingerprint density at radius 2 is 2.10 bits per heavy atom. The van der Waals surface area contributed by atoms with E-state index >= 15 is 0 Å². The summed E-state index contributed by atoms with van der Waals surface area (Å²) >= 11 is 3.24. The highest BCUT2D eigenvalue weighted by Gasteiger charge is 2.30. The number of sulfonamides is 1. The lowest BCUT2D eigenvalue weighted by molar-refractivity contribution is 0.354. The summed E-state index contributed by atoms with van der Waals surface area (Å²) in [5.41, 5.74) is 6.08. The van der Waals surface area contributed by atoms with E-state index in [0.29, 0.717) is 10.2 Å². The van der Waals surface area contributed by atoms with Crippen molar-refractivity contribution in [3.05, 3.63) is 16.6 Å². The number of nitriles is 1. The molecule has 0 aliphatic rings. The fourth-order valence-electron chi connectivity index (χ4n) is 1.85. The van der Waals surface area contributed by atoms with Crippen LogP contribution in [-0.4, -0.2) is 32.4 Å². The van der Waals surface area contributed by atoms with Crippen LogP contribution in [0.15, 0.2) is 21.5 Å². The third-order valence-electron chi connectivity index (χ3n) is 2.89. The molecule has 0 atom stereocenters. The second kappa shape index (κ2) is 7.11. The number of ether oxygens (including phenoxy) is 1. The van der Waals surface area contributed by atoms with E-state index < -0.39 is 10.0 Å². The summed E-state index contributed by atoms with van der Waals surface area (Å²) in [6, 6.07) is 4.56. The molecule has 0 heterocycles. The smallest absolute Gasteiger partial charge is 0.247 e. The summed E-state index contributed by atoms with van der Waals surface area (Å²) in [6.07, 6.45) is 0.117. The van der Waals surface area contributed by atoms with Crippen molar-refractivity contribution in [2.75, 3.05) is 19.4 Å². The van der Waals surface area contributed by atoms with Crippen molar-refractivity contribution in [2.45, 2.75) is 31.2 Å². The van der Waals surface area contributed by atoms with E-state index in [-0.39, 0.29) is 29.7 Å². The molecule has 1 aromatic carbocycles. The van der Waals surface area contributed by atoms with Gasteiger partial charge in [0.1, 0.15) is 10.6 Å². The molecule has 116 valence electrons. The van der Waals surface area contributed by atoms with Crippen molar-refractivity contribution >= 4 is 31.6 Å². The zero-order valence-electron chi connectivity index (χ0n) is 12.1. The lowest BCUT2D eigenvalue weighted by Gasteiger charge is -2.26. The molecule has 0 unspecified atom stereocenters. The maximum Gasteiger partial charge on any atom is 0.247 e. The van der Waals surface area contributed by atoms with Crippen LogP contribution in [0.2, 0.25) is 0 Å². The molecule has 1 aromatic rings. The van der Waals surface area contributed by atoms with Crippen LogP contribution in [0.3, 0.4) is 0 Å². The van der Waals surface area contributed by atoms with Gasteiger partial charge in [-0.15, -0.1) is 0 Å². The Bertz CT molecular complexity index is 653. The SMILES string of the molecule is COc1cc(Br)c(N)cc1S(=O)(=O)N(CCC#N)C(C)C. The third kappa shape index (κ3) is 3.87. The Morgan fingerprint density at radius 3 is 2.57 bits per heavy atom. The Labute approximate surface area is 133 Å². The van der Waals surface area contributed by atoms with Gasteiger partial charge in [0.25, 0.3) is 0 Å². The molecule has 8 heteroatoms. The number of nitrogen functional groups attached to an aromatic ring is 1. The first kappa shape index (κ1) is 17.8. The van der Waals surface area contributed by atoms with Crippen molar-refractivity contribution in [1.82, 2.24) is 4.31 Å². The van der Waals surface area contributed by atoms with Gasteiger partial charge in [-0.05, 0) is 41.9 Å². The van der Waals surface area contributed by atoms with E-state index in [1.165, 1.54) is 23.5 Å². The van der Waals surface area contributed by atoms with Gasteiger partial charge in [-0.3, -0.25) is 0 Å². The van der Waals surface area contributed by atoms with Crippen molar-refractivity contribution < 1.29 is 13.2 Å². The number of rotatable bonds is 6. The van der Waals surface area contributed by atoms with Crippen LogP contribution in [0.4, 0.5) is 5.69 Å². The van der Waals surface area contributed by atoms with Crippen LogP contribution in [0.5, 0.6) is 5.75 Å². The van der Waals surface area contributed by atoms with Gasteiger partial charge in [0.05, 0.1) is 13.2 Å². The first-order chi connectivity index (χ1) is 9.75. The first-order valence-corrected chi connectivity index (χ1v) is 8.50. The number of hydrogen-bond donors (Lipinski definition) is 1. The molecule has 21 heavy (non-hydrogen) atoms. The molecule has 0 bridgehead atoms. The van der Waals surface area contributed by atoms with Crippen LogP contribution >= 0.6 is 15.9 Å². The quantitative estimate of drug-likeness (QED) is 0.769. The molecule has 2 N–H and O–H groups in total. The normalized spacial score (nSPS) is 11.7. The minimum atomic E-state index is -3.80. The lowest BCUT2D eigenvalue weighted by Crippen LogP contribution is -2.37. The number of nitrogens with two attached hydrogens (primary N) is 1. The van der Waals surface area contributed by atoms with Gasteiger partial charge in [-0.1, -0.05) is 0 Å². The van der Waals surface area contributed by atoms with Gasteiger partial charge in [-0.25, -0.2) is 8.42 Å². The summed E-state index contributed by atoms with van der Waals surface area (Å²) in [7, 11) is -2.40. The predicted octanol–water partition coefficient (Wildman–Crippen LogP) is 2.35. The first-order valence-electron chi connectivity index (χ1n) is 6.27. The monoisotopic (exact) mass is 375 g/mol. The summed E-state index contributed by atoms with van der Waals surface area (Å²) in [4.78, 5) is -0.00246. The molecule has 0 aliphatic carbocycles. The topological polar surface area (TPSA) is 96.4 Å². The van der Waals surface area contributed by atoms with Crippen LogP contribution in [-0.2, 0) is 10.0 Å².